The molecule has 17 heavy (non-hydrogen) atoms. The van der Waals surface area contributed by atoms with Gasteiger partial charge in [0.2, 0.25) is 5.91 Å². The molecule has 0 atom stereocenters. The van der Waals surface area contributed by atoms with Gasteiger partial charge in [-0.3, -0.25) is 4.79 Å². The summed E-state index contributed by atoms with van der Waals surface area (Å²) in [4.78, 5) is 13.6. The lowest BCUT2D eigenvalue weighted by Crippen LogP contribution is -2.34. The van der Waals surface area contributed by atoms with E-state index in [0.29, 0.717) is 19.1 Å². The molecule has 0 bridgehead atoms. The summed E-state index contributed by atoms with van der Waals surface area (Å²) in [5, 5.41) is 5.86. The molecule has 0 aliphatic carbocycles. The maximum Gasteiger partial charge on any atom is 0.233 e. The van der Waals surface area contributed by atoms with Crippen LogP contribution in [-0.4, -0.2) is 50.1 Å². The minimum absolute atomic E-state index is 0.0593. The van der Waals surface area contributed by atoms with E-state index in [1.165, 1.54) is 0 Å². The third kappa shape index (κ3) is 10.0. The van der Waals surface area contributed by atoms with E-state index in [2.05, 4.69) is 43.0 Å². The Balaban J connectivity index is 3.33. The van der Waals surface area contributed by atoms with Crippen molar-refractivity contribution in [1.82, 2.24) is 15.5 Å². The monoisotopic (exact) mass is 241 g/mol. The zero-order valence-corrected chi connectivity index (χ0v) is 11.5. The molecular weight excluding hydrogens is 214 g/mol. The van der Waals surface area contributed by atoms with E-state index in [1.54, 1.807) is 6.08 Å². The number of rotatable bonds is 10. The van der Waals surface area contributed by atoms with E-state index in [-0.39, 0.29) is 5.91 Å². The largest absolute Gasteiger partial charge is 0.355 e. The lowest BCUT2D eigenvalue weighted by Gasteiger charge is -2.20. The number of carbonyl (C=O) groups excluding carboxylic acids is 1. The molecule has 0 fully saturated rings. The van der Waals surface area contributed by atoms with Gasteiger partial charge in [-0.15, -0.1) is 6.58 Å². The third-order valence-electron chi connectivity index (χ3n) is 2.72. The molecule has 4 heteroatoms. The van der Waals surface area contributed by atoms with Gasteiger partial charge in [0.15, 0.2) is 0 Å². The molecule has 0 aliphatic heterocycles. The van der Waals surface area contributed by atoms with Gasteiger partial charge in [0.1, 0.15) is 0 Å². The molecule has 100 valence electrons. The highest BCUT2D eigenvalue weighted by atomic mass is 16.1. The van der Waals surface area contributed by atoms with Crippen molar-refractivity contribution in [2.75, 3.05) is 33.2 Å². The predicted octanol–water partition coefficient (Wildman–Crippen LogP) is 0.999. The Morgan fingerprint density at radius 3 is 2.71 bits per heavy atom. The van der Waals surface area contributed by atoms with E-state index in [1.807, 2.05) is 0 Å². The lowest BCUT2D eigenvalue weighted by atomic mass is 10.2. The molecule has 1 amide bonds. The highest BCUT2D eigenvalue weighted by Gasteiger charge is 2.02. The van der Waals surface area contributed by atoms with E-state index < -0.39 is 0 Å². The van der Waals surface area contributed by atoms with Crippen molar-refractivity contribution in [3.8, 4) is 0 Å². The van der Waals surface area contributed by atoms with Crippen LogP contribution in [0.2, 0.25) is 0 Å². The molecule has 0 saturated carbocycles. The van der Waals surface area contributed by atoms with E-state index >= 15 is 0 Å². The summed E-state index contributed by atoms with van der Waals surface area (Å²) in [5.41, 5.74) is 0. The van der Waals surface area contributed by atoms with Gasteiger partial charge in [-0.2, -0.15) is 0 Å². The number of carbonyl (C=O) groups is 1. The summed E-state index contributed by atoms with van der Waals surface area (Å²) in [6.45, 7) is 10.8. The maximum absolute atomic E-state index is 11.3. The van der Waals surface area contributed by atoms with Crippen LogP contribution in [0.5, 0.6) is 0 Å². The lowest BCUT2D eigenvalue weighted by molar-refractivity contribution is -0.120. The van der Waals surface area contributed by atoms with Crippen molar-refractivity contribution in [2.45, 2.75) is 32.7 Å². The first-order chi connectivity index (χ1) is 8.07. The second-order valence-electron chi connectivity index (χ2n) is 4.55. The number of amides is 1. The normalized spacial score (nSPS) is 10.9. The Morgan fingerprint density at radius 1 is 1.41 bits per heavy atom. The fourth-order valence-corrected chi connectivity index (χ4v) is 1.32. The van der Waals surface area contributed by atoms with Gasteiger partial charge >= 0.3 is 0 Å². The number of hydrogen-bond donors (Lipinski definition) is 2. The Morgan fingerprint density at radius 2 is 2.12 bits per heavy atom. The first kappa shape index (κ1) is 16.1. The second-order valence-corrected chi connectivity index (χ2v) is 4.55. The number of hydrogen-bond acceptors (Lipinski definition) is 3. The van der Waals surface area contributed by atoms with Gasteiger partial charge in [0.05, 0.1) is 6.54 Å². The molecule has 0 spiro atoms. The zero-order valence-electron chi connectivity index (χ0n) is 11.5. The minimum Gasteiger partial charge on any atom is -0.355 e. The molecule has 0 unspecified atom stereocenters. The quantitative estimate of drug-likeness (QED) is 0.443. The van der Waals surface area contributed by atoms with Crippen molar-refractivity contribution < 1.29 is 4.79 Å². The summed E-state index contributed by atoms with van der Waals surface area (Å²) >= 11 is 0. The Kier molecular flexibility index (Phi) is 9.77. The topological polar surface area (TPSA) is 44.4 Å². The molecule has 2 N–H and O–H groups in total. The van der Waals surface area contributed by atoms with Gasteiger partial charge in [0, 0.05) is 19.1 Å². The summed E-state index contributed by atoms with van der Waals surface area (Å²) < 4.78 is 0. The number of nitrogens with zero attached hydrogens (tertiary/aromatic N) is 1. The minimum atomic E-state index is 0.0593. The molecule has 0 heterocycles. The van der Waals surface area contributed by atoms with Crippen LogP contribution >= 0.6 is 0 Å². The van der Waals surface area contributed by atoms with Crippen LogP contribution in [0.15, 0.2) is 12.7 Å². The van der Waals surface area contributed by atoms with E-state index in [0.717, 1.165) is 25.9 Å². The fraction of sp³-hybridized carbons (Fsp3) is 0.769. The molecule has 0 radical (unpaired) electrons. The van der Waals surface area contributed by atoms with Crippen LogP contribution < -0.4 is 10.6 Å². The van der Waals surface area contributed by atoms with Crippen LogP contribution in [-0.2, 0) is 4.79 Å². The Hall–Kier alpha value is -0.870. The van der Waals surface area contributed by atoms with Gasteiger partial charge in [0.25, 0.3) is 0 Å². The average Bonchev–Trinajstić information content (AvgIpc) is 2.28. The molecule has 0 aromatic carbocycles. The van der Waals surface area contributed by atoms with Gasteiger partial charge in [-0.25, -0.2) is 0 Å². The highest BCUT2D eigenvalue weighted by molar-refractivity contribution is 5.77. The summed E-state index contributed by atoms with van der Waals surface area (Å²) in [6.07, 6.45) is 3.90. The zero-order chi connectivity index (χ0) is 13.1. The maximum atomic E-state index is 11.3. The van der Waals surface area contributed by atoms with Crippen molar-refractivity contribution in [3.05, 3.63) is 12.7 Å². The van der Waals surface area contributed by atoms with Gasteiger partial charge in [-0.1, -0.05) is 6.08 Å². The number of nitrogens with one attached hydrogen (secondary N) is 2. The van der Waals surface area contributed by atoms with Gasteiger partial charge in [-0.05, 0) is 40.3 Å². The summed E-state index contributed by atoms with van der Waals surface area (Å²) in [5.74, 6) is 0.0593. The van der Waals surface area contributed by atoms with Crippen LogP contribution in [0.3, 0.4) is 0 Å². The average molecular weight is 241 g/mol. The Bertz CT molecular complexity index is 217. The van der Waals surface area contributed by atoms with Crippen molar-refractivity contribution in [2.24, 2.45) is 0 Å². The van der Waals surface area contributed by atoms with Gasteiger partial charge < -0.3 is 15.5 Å². The summed E-state index contributed by atoms with van der Waals surface area (Å²) in [6, 6.07) is 0.590. The molecule has 4 nitrogen and oxygen atoms in total. The highest BCUT2D eigenvalue weighted by Crippen LogP contribution is 1.97. The third-order valence-corrected chi connectivity index (χ3v) is 2.72. The smallest absolute Gasteiger partial charge is 0.233 e. The molecule has 0 aromatic rings. The van der Waals surface area contributed by atoms with Crippen molar-refractivity contribution in [3.63, 3.8) is 0 Å². The predicted molar refractivity (Wildman–Crippen MR) is 73.1 cm³/mol. The van der Waals surface area contributed by atoms with Crippen molar-refractivity contribution in [1.29, 1.82) is 0 Å². The first-order valence-electron chi connectivity index (χ1n) is 6.36. The Labute approximate surface area is 105 Å². The first-order valence-corrected chi connectivity index (χ1v) is 6.36. The molecular formula is C13H27N3O. The molecule has 0 aromatic heterocycles. The van der Waals surface area contributed by atoms with Crippen LogP contribution in [0.25, 0.3) is 0 Å². The fourth-order valence-electron chi connectivity index (χ4n) is 1.32. The van der Waals surface area contributed by atoms with E-state index in [4.69, 9.17) is 0 Å². The number of unbranched alkanes of at least 4 members (excludes halogenated alkanes) is 1. The molecule has 0 saturated heterocycles. The molecule has 0 aliphatic rings. The molecule has 0 rings (SSSR count). The SMILES string of the molecule is C=CCNCC(=O)NCCCCN(C)C(C)C. The second kappa shape index (κ2) is 10.3. The van der Waals surface area contributed by atoms with Crippen molar-refractivity contribution >= 4 is 5.91 Å². The van der Waals surface area contributed by atoms with Crippen LogP contribution in [0.1, 0.15) is 26.7 Å². The van der Waals surface area contributed by atoms with Crippen LogP contribution in [0.4, 0.5) is 0 Å². The summed E-state index contributed by atoms with van der Waals surface area (Å²) in [7, 11) is 2.13. The standard InChI is InChI=1S/C13H27N3O/c1-5-8-14-11-13(17)15-9-6-7-10-16(4)12(2)3/h5,12,14H,1,6-11H2,2-4H3,(H,15,17). The van der Waals surface area contributed by atoms with Crippen LogP contribution in [0, 0.1) is 0 Å². The van der Waals surface area contributed by atoms with E-state index in [9.17, 15) is 4.79 Å².